The summed E-state index contributed by atoms with van der Waals surface area (Å²) in [6.45, 7) is 1.22. The molecule has 0 bridgehead atoms. The highest BCUT2D eigenvalue weighted by Crippen LogP contribution is 2.36. The van der Waals surface area contributed by atoms with E-state index in [0.29, 0.717) is 23.9 Å². The van der Waals surface area contributed by atoms with Gasteiger partial charge in [-0.3, -0.25) is 10.1 Å². The molecule has 0 spiro atoms. The minimum atomic E-state index is -0.885. The van der Waals surface area contributed by atoms with Crippen LogP contribution in [0.1, 0.15) is 17.9 Å². The van der Waals surface area contributed by atoms with Gasteiger partial charge in [-0.05, 0) is 30.7 Å². The van der Waals surface area contributed by atoms with E-state index in [1.807, 2.05) is 24.3 Å². The summed E-state index contributed by atoms with van der Waals surface area (Å²) in [4.78, 5) is 8.18. The predicted molar refractivity (Wildman–Crippen MR) is 101 cm³/mol. The summed E-state index contributed by atoms with van der Waals surface area (Å²) in [5.74, 6) is 1.81. The number of methoxy groups -OCH3 is 1. The average Bonchev–Trinajstić information content (AvgIpc) is 3.17. The summed E-state index contributed by atoms with van der Waals surface area (Å²) in [6.07, 6.45) is 4.73. The van der Waals surface area contributed by atoms with E-state index in [0.717, 1.165) is 29.8 Å². The van der Waals surface area contributed by atoms with Gasteiger partial charge < -0.3 is 15.4 Å². The second-order valence-corrected chi connectivity index (χ2v) is 6.46. The number of rotatable bonds is 5. The number of ether oxygens (including phenoxy) is 1. The van der Waals surface area contributed by atoms with Crippen LogP contribution in [0.25, 0.3) is 11.3 Å². The molecule has 3 N–H and O–H groups in total. The van der Waals surface area contributed by atoms with Crippen molar-refractivity contribution < 1.29 is 9.13 Å². The Kier molecular flexibility index (Phi) is 4.97. The topological polar surface area (TPSA) is 87.8 Å². The van der Waals surface area contributed by atoms with Crippen LogP contribution in [0.3, 0.4) is 0 Å². The zero-order valence-electron chi connectivity index (χ0n) is 14.9. The summed E-state index contributed by atoms with van der Waals surface area (Å²) in [5, 5.41) is 13.4. The van der Waals surface area contributed by atoms with E-state index in [2.05, 4.69) is 30.8 Å². The number of anilines is 2. The van der Waals surface area contributed by atoms with Crippen LogP contribution in [0.15, 0.2) is 42.9 Å². The number of aromatic nitrogens is 4. The third kappa shape index (κ3) is 3.75. The maximum atomic E-state index is 14.3. The fraction of sp³-hybridized carbons (Fsp3) is 0.316. The first-order valence-corrected chi connectivity index (χ1v) is 8.86. The molecule has 4 rings (SSSR count). The van der Waals surface area contributed by atoms with E-state index in [4.69, 9.17) is 4.74 Å². The molecule has 1 aromatic carbocycles. The van der Waals surface area contributed by atoms with E-state index in [1.54, 1.807) is 25.7 Å². The van der Waals surface area contributed by atoms with Gasteiger partial charge in [0.05, 0.1) is 19.0 Å². The lowest BCUT2D eigenvalue weighted by Gasteiger charge is -2.27. The van der Waals surface area contributed by atoms with Gasteiger partial charge in [0.25, 0.3) is 0 Å². The van der Waals surface area contributed by atoms with Gasteiger partial charge in [0.15, 0.2) is 5.82 Å². The van der Waals surface area contributed by atoms with Gasteiger partial charge in [-0.1, -0.05) is 6.07 Å². The number of aromatic amines is 1. The molecule has 2 unspecified atom stereocenters. The van der Waals surface area contributed by atoms with Crippen molar-refractivity contribution in [3.8, 4) is 17.0 Å². The van der Waals surface area contributed by atoms with Gasteiger partial charge in [-0.15, -0.1) is 0 Å². The molecule has 3 aromatic rings. The number of alkyl halides is 1. The molecule has 2 atom stereocenters. The SMILES string of the molecule is COc1cc(C2CCNCC2F)ccc1-c1cc(Nc2cnccn2)n[nH]1. The summed E-state index contributed by atoms with van der Waals surface area (Å²) in [7, 11) is 1.62. The van der Waals surface area contributed by atoms with Crippen molar-refractivity contribution >= 4 is 11.6 Å². The highest BCUT2D eigenvalue weighted by atomic mass is 19.1. The third-order valence-electron chi connectivity index (χ3n) is 4.75. The molecular weight excluding hydrogens is 347 g/mol. The van der Waals surface area contributed by atoms with Crippen molar-refractivity contribution in [2.45, 2.75) is 18.5 Å². The largest absolute Gasteiger partial charge is 0.496 e. The second kappa shape index (κ2) is 7.71. The van der Waals surface area contributed by atoms with E-state index >= 15 is 0 Å². The molecule has 140 valence electrons. The van der Waals surface area contributed by atoms with Gasteiger partial charge in [0, 0.05) is 36.5 Å². The number of halogens is 1. The molecule has 1 fully saturated rings. The van der Waals surface area contributed by atoms with Gasteiger partial charge in [0.1, 0.15) is 17.7 Å². The Balaban J connectivity index is 1.58. The van der Waals surface area contributed by atoms with Gasteiger partial charge in [-0.25, -0.2) is 9.37 Å². The van der Waals surface area contributed by atoms with Crippen LogP contribution in [0.5, 0.6) is 5.75 Å². The Morgan fingerprint density at radius 3 is 2.93 bits per heavy atom. The van der Waals surface area contributed by atoms with Crippen molar-refractivity contribution in [1.82, 2.24) is 25.5 Å². The number of benzene rings is 1. The van der Waals surface area contributed by atoms with E-state index in [1.165, 1.54) is 0 Å². The van der Waals surface area contributed by atoms with Crippen LogP contribution >= 0.6 is 0 Å². The summed E-state index contributed by atoms with van der Waals surface area (Å²) in [6, 6.07) is 7.71. The molecular formula is C19H21FN6O. The lowest BCUT2D eigenvalue weighted by atomic mass is 9.88. The molecule has 0 radical (unpaired) electrons. The first kappa shape index (κ1) is 17.4. The summed E-state index contributed by atoms with van der Waals surface area (Å²) >= 11 is 0. The van der Waals surface area contributed by atoms with Crippen molar-refractivity contribution in [3.05, 3.63) is 48.4 Å². The van der Waals surface area contributed by atoms with Crippen molar-refractivity contribution in [3.63, 3.8) is 0 Å². The number of nitrogens with one attached hydrogen (secondary N) is 3. The number of hydrogen-bond donors (Lipinski definition) is 3. The van der Waals surface area contributed by atoms with Crippen LogP contribution in [0.4, 0.5) is 16.0 Å². The third-order valence-corrected chi connectivity index (χ3v) is 4.75. The number of H-pyrrole nitrogens is 1. The molecule has 3 heterocycles. The fourth-order valence-electron chi connectivity index (χ4n) is 3.38. The quantitative estimate of drug-likeness (QED) is 0.642. The molecule has 1 saturated heterocycles. The lowest BCUT2D eigenvalue weighted by molar-refractivity contribution is 0.231. The van der Waals surface area contributed by atoms with Crippen LogP contribution in [-0.2, 0) is 0 Å². The van der Waals surface area contributed by atoms with Crippen LogP contribution in [0, 0.1) is 0 Å². The Morgan fingerprint density at radius 1 is 1.22 bits per heavy atom. The minimum absolute atomic E-state index is 0.107. The predicted octanol–water partition coefficient (Wildman–Crippen LogP) is 3.03. The molecule has 8 heteroatoms. The standard InChI is InChI=1S/C19H21FN6O/c1-27-17-8-12(13-4-5-21-10-15(13)20)2-3-14(17)16-9-18(26-25-16)24-19-11-22-6-7-23-19/h2-3,6-9,11,13,15,21H,4-5,10H2,1H3,(H2,23,24,25,26). The molecule has 27 heavy (non-hydrogen) atoms. The zero-order chi connectivity index (χ0) is 18.6. The van der Waals surface area contributed by atoms with E-state index in [9.17, 15) is 4.39 Å². The smallest absolute Gasteiger partial charge is 0.153 e. The van der Waals surface area contributed by atoms with Gasteiger partial charge in [0.2, 0.25) is 0 Å². The number of hydrogen-bond acceptors (Lipinski definition) is 6. The monoisotopic (exact) mass is 368 g/mol. The first-order valence-electron chi connectivity index (χ1n) is 8.86. The lowest BCUT2D eigenvalue weighted by Crippen LogP contribution is -2.36. The Bertz CT molecular complexity index is 900. The fourth-order valence-corrected chi connectivity index (χ4v) is 3.38. The molecule has 1 aliphatic rings. The normalized spacial score (nSPS) is 19.6. The first-order chi connectivity index (χ1) is 13.2. The van der Waals surface area contributed by atoms with E-state index in [-0.39, 0.29) is 5.92 Å². The molecule has 0 aliphatic carbocycles. The van der Waals surface area contributed by atoms with E-state index < -0.39 is 6.17 Å². The summed E-state index contributed by atoms with van der Waals surface area (Å²) in [5.41, 5.74) is 2.62. The second-order valence-electron chi connectivity index (χ2n) is 6.46. The highest BCUT2D eigenvalue weighted by molar-refractivity contribution is 5.71. The van der Waals surface area contributed by atoms with Crippen molar-refractivity contribution in [2.75, 3.05) is 25.5 Å². The van der Waals surface area contributed by atoms with Crippen LogP contribution in [-0.4, -0.2) is 46.5 Å². The zero-order valence-corrected chi connectivity index (χ0v) is 14.9. The van der Waals surface area contributed by atoms with Crippen molar-refractivity contribution in [1.29, 1.82) is 0 Å². The molecule has 2 aromatic heterocycles. The Labute approximate surface area is 156 Å². The maximum absolute atomic E-state index is 14.3. The minimum Gasteiger partial charge on any atom is -0.496 e. The van der Waals surface area contributed by atoms with Gasteiger partial charge >= 0.3 is 0 Å². The van der Waals surface area contributed by atoms with Crippen LogP contribution < -0.4 is 15.4 Å². The average molecular weight is 368 g/mol. The Hall–Kier alpha value is -3.00. The van der Waals surface area contributed by atoms with Crippen LogP contribution in [0.2, 0.25) is 0 Å². The Morgan fingerprint density at radius 2 is 2.15 bits per heavy atom. The maximum Gasteiger partial charge on any atom is 0.153 e. The molecule has 7 nitrogen and oxygen atoms in total. The molecule has 0 saturated carbocycles. The number of piperidine rings is 1. The number of nitrogens with zero attached hydrogens (tertiary/aromatic N) is 3. The molecule has 0 amide bonds. The summed E-state index contributed by atoms with van der Waals surface area (Å²) < 4.78 is 19.8. The van der Waals surface area contributed by atoms with Gasteiger partial charge in [-0.2, -0.15) is 5.10 Å². The molecule has 1 aliphatic heterocycles. The highest BCUT2D eigenvalue weighted by Gasteiger charge is 2.27. The van der Waals surface area contributed by atoms with Crippen molar-refractivity contribution in [2.24, 2.45) is 0 Å².